The normalized spacial score (nSPS) is 10.3. The van der Waals surface area contributed by atoms with Crippen LogP contribution in [0.15, 0.2) is 47.0 Å². The molecule has 27 heavy (non-hydrogen) atoms. The summed E-state index contributed by atoms with van der Waals surface area (Å²) in [4.78, 5) is 16.5. The first-order chi connectivity index (χ1) is 13.1. The van der Waals surface area contributed by atoms with Crippen LogP contribution < -0.4 is 19.5 Å². The van der Waals surface area contributed by atoms with Gasteiger partial charge in [0.05, 0.1) is 25.5 Å². The Morgan fingerprint density at radius 3 is 2.63 bits per heavy atom. The van der Waals surface area contributed by atoms with Crippen molar-refractivity contribution in [1.82, 2.24) is 10.1 Å². The van der Waals surface area contributed by atoms with E-state index in [2.05, 4.69) is 15.5 Å². The van der Waals surface area contributed by atoms with Crippen molar-refractivity contribution in [2.24, 2.45) is 0 Å². The average molecular weight is 369 g/mol. The summed E-state index contributed by atoms with van der Waals surface area (Å²) in [5.74, 6) is 2.10. The van der Waals surface area contributed by atoms with Gasteiger partial charge in [-0.1, -0.05) is 17.3 Å². The number of aromatic nitrogens is 2. The maximum Gasteiger partial charge on any atom is 0.262 e. The van der Waals surface area contributed by atoms with Crippen molar-refractivity contribution >= 4 is 11.6 Å². The Hall–Kier alpha value is -3.55. The minimum Gasteiger partial charge on any atom is -0.497 e. The van der Waals surface area contributed by atoms with E-state index in [1.165, 1.54) is 7.11 Å². The number of ether oxygens (including phenoxy) is 3. The van der Waals surface area contributed by atoms with E-state index in [9.17, 15) is 4.79 Å². The highest BCUT2D eigenvalue weighted by molar-refractivity contribution is 5.93. The summed E-state index contributed by atoms with van der Waals surface area (Å²) < 4.78 is 21.2. The second-order valence-electron chi connectivity index (χ2n) is 5.55. The van der Waals surface area contributed by atoms with E-state index >= 15 is 0 Å². The molecule has 8 heteroatoms. The predicted molar refractivity (Wildman–Crippen MR) is 98.1 cm³/mol. The van der Waals surface area contributed by atoms with E-state index in [0.29, 0.717) is 40.2 Å². The van der Waals surface area contributed by atoms with E-state index in [-0.39, 0.29) is 12.5 Å². The van der Waals surface area contributed by atoms with Crippen molar-refractivity contribution in [2.75, 3.05) is 26.1 Å². The SMILES string of the molecule is COc1ccc(NC(=O)COc2ccccc2-c2nc(C)no2)c(OC)c1. The van der Waals surface area contributed by atoms with E-state index in [1.54, 1.807) is 50.4 Å². The van der Waals surface area contributed by atoms with Crippen LogP contribution in [-0.2, 0) is 4.79 Å². The maximum absolute atomic E-state index is 12.3. The molecule has 0 saturated carbocycles. The van der Waals surface area contributed by atoms with Gasteiger partial charge in [0.1, 0.15) is 17.2 Å². The molecule has 2 aromatic carbocycles. The standard InChI is InChI=1S/C19H19N3O5/c1-12-20-19(27-22-12)14-6-4-5-7-16(14)26-11-18(23)21-15-9-8-13(24-2)10-17(15)25-3/h4-10H,11H2,1-3H3,(H,21,23). The predicted octanol–water partition coefficient (Wildman–Crippen LogP) is 3.08. The van der Waals surface area contributed by atoms with Gasteiger partial charge in [0.25, 0.3) is 11.8 Å². The number of carbonyl (C=O) groups is 1. The summed E-state index contributed by atoms with van der Waals surface area (Å²) in [6.45, 7) is 1.53. The molecule has 0 saturated heterocycles. The van der Waals surface area contributed by atoms with Crippen molar-refractivity contribution in [1.29, 1.82) is 0 Å². The fourth-order valence-electron chi connectivity index (χ4n) is 2.41. The number of rotatable bonds is 7. The van der Waals surface area contributed by atoms with E-state index in [0.717, 1.165) is 0 Å². The summed E-state index contributed by atoms with van der Waals surface area (Å²) in [6, 6.07) is 12.2. The molecule has 1 aromatic heterocycles. The van der Waals surface area contributed by atoms with Gasteiger partial charge in [-0.15, -0.1) is 0 Å². The first kappa shape index (κ1) is 18.2. The fraction of sp³-hybridized carbons (Fsp3) is 0.211. The molecular weight excluding hydrogens is 350 g/mol. The monoisotopic (exact) mass is 369 g/mol. The van der Waals surface area contributed by atoms with E-state index in [4.69, 9.17) is 18.7 Å². The van der Waals surface area contributed by atoms with Crippen LogP contribution >= 0.6 is 0 Å². The zero-order valence-corrected chi connectivity index (χ0v) is 15.2. The zero-order valence-electron chi connectivity index (χ0n) is 15.2. The molecule has 1 N–H and O–H groups in total. The Morgan fingerprint density at radius 1 is 1.11 bits per heavy atom. The number of hydrogen-bond acceptors (Lipinski definition) is 7. The lowest BCUT2D eigenvalue weighted by molar-refractivity contribution is -0.118. The van der Waals surface area contributed by atoms with Gasteiger partial charge in [0, 0.05) is 6.07 Å². The topological polar surface area (TPSA) is 95.7 Å². The molecular formula is C19H19N3O5. The first-order valence-corrected chi connectivity index (χ1v) is 8.15. The number of para-hydroxylation sites is 1. The minimum atomic E-state index is -0.338. The third-order valence-corrected chi connectivity index (χ3v) is 3.69. The van der Waals surface area contributed by atoms with Gasteiger partial charge in [-0.2, -0.15) is 4.98 Å². The van der Waals surface area contributed by atoms with Crippen LogP contribution in [0, 0.1) is 6.92 Å². The molecule has 0 unspecified atom stereocenters. The minimum absolute atomic E-state index is 0.195. The number of methoxy groups -OCH3 is 2. The highest BCUT2D eigenvalue weighted by Crippen LogP contribution is 2.30. The van der Waals surface area contributed by atoms with Gasteiger partial charge in [0.15, 0.2) is 12.4 Å². The molecule has 0 fully saturated rings. The third-order valence-electron chi connectivity index (χ3n) is 3.69. The number of benzene rings is 2. The number of amides is 1. The lowest BCUT2D eigenvalue weighted by Gasteiger charge is -2.13. The number of aryl methyl sites for hydroxylation is 1. The molecule has 0 aliphatic heterocycles. The molecule has 1 heterocycles. The Balaban J connectivity index is 1.68. The second kappa shape index (κ2) is 8.22. The van der Waals surface area contributed by atoms with Crippen molar-refractivity contribution < 1.29 is 23.5 Å². The second-order valence-corrected chi connectivity index (χ2v) is 5.55. The molecule has 1 amide bonds. The van der Waals surface area contributed by atoms with Crippen molar-refractivity contribution in [3.63, 3.8) is 0 Å². The largest absolute Gasteiger partial charge is 0.497 e. The molecule has 8 nitrogen and oxygen atoms in total. The average Bonchev–Trinajstić information content (AvgIpc) is 3.13. The lowest BCUT2D eigenvalue weighted by atomic mass is 10.2. The number of anilines is 1. The Labute approximate surface area is 156 Å². The van der Waals surface area contributed by atoms with Crippen LogP contribution in [0.3, 0.4) is 0 Å². The number of nitrogens with zero attached hydrogens (tertiary/aromatic N) is 2. The van der Waals surface area contributed by atoms with Gasteiger partial charge in [-0.3, -0.25) is 4.79 Å². The van der Waals surface area contributed by atoms with Crippen molar-refractivity contribution in [3.8, 4) is 28.7 Å². The molecule has 3 rings (SSSR count). The lowest BCUT2D eigenvalue weighted by Crippen LogP contribution is -2.20. The van der Waals surface area contributed by atoms with Crippen LogP contribution in [-0.4, -0.2) is 36.9 Å². The molecule has 140 valence electrons. The van der Waals surface area contributed by atoms with Crippen LogP contribution in [0.5, 0.6) is 17.2 Å². The van der Waals surface area contributed by atoms with E-state index in [1.807, 2.05) is 6.07 Å². The third kappa shape index (κ3) is 4.35. The van der Waals surface area contributed by atoms with E-state index < -0.39 is 0 Å². The van der Waals surface area contributed by atoms with Gasteiger partial charge in [-0.25, -0.2) is 0 Å². The number of carbonyl (C=O) groups excluding carboxylic acids is 1. The van der Waals surface area contributed by atoms with Gasteiger partial charge in [0.2, 0.25) is 0 Å². The van der Waals surface area contributed by atoms with Crippen molar-refractivity contribution in [3.05, 3.63) is 48.3 Å². The number of hydrogen-bond donors (Lipinski definition) is 1. The smallest absolute Gasteiger partial charge is 0.262 e. The summed E-state index contributed by atoms with van der Waals surface area (Å²) in [6.07, 6.45) is 0. The zero-order chi connectivity index (χ0) is 19.2. The Bertz CT molecular complexity index is 939. The summed E-state index contributed by atoms with van der Waals surface area (Å²) in [5.41, 5.74) is 1.14. The Morgan fingerprint density at radius 2 is 1.93 bits per heavy atom. The molecule has 0 aliphatic carbocycles. The highest BCUT2D eigenvalue weighted by atomic mass is 16.5. The van der Waals surface area contributed by atoms with Crippen LogP contribution in [0.25, 0.3) is 11.5 Å². The summed E-state index contributed by atoms with van der Waals surface area (Å²) in [7, 11) is 3.08. The van der Waals surface area contributed by atoms with Crippen LogP contribution in [0.2, 0.25) is 0 Å². The Kier molecular flexibility index (Phi) is 5.55. The molecule has 3 aromatic rings. The van der Waals surface area contributed by atoms with Crippen LogP contribution in [0.1, 0.15) is 5.82 Å². The first-order valence-electron chi connectivity index (χ1n) is 8.15. The summed E-state index contributed by atoms with van der Waals surface area (Å²) >= 11 is 0. The van der Waals surface area contributed by atoms with Crippen molar-refractivity contribution in [2.45, 2.75) is 6.92 Å². The van der Waals surface area contributed by atoms with Gasteiger partial charge < -0.3 is 24.1 Å². The molecule has 0 radical (unpaired) electrons. The molecule has 0 bridgehead atoms. The highest BCUT2D eigenvalue weighted by Gasteiger charge is 2.14. The van der Waals surface area contributed by atoms with Crippen LogP contribution in [0.4, 0.5) is 5.69 Å². The van der Waals surface area contributed by atoms with Gasteiger partial charge in [-0.05, 0) is 31.2 Å². The fourth-order valence-corrected chi connectivity index (χ4v) is 2.41. The molecule has 0 spiro atoms. The quantitative estimate of drug-likeness (QED) is 0.684. The summed E-state index contributed by atoms with van der Waals surface area (Å²) in [5, 5.41) is 6.52. The number of nitrogens with one attached hydrogen (secondary N) is 1. The molecule has 0 atom stereocenters. The van der Waals surface area contributed by atoms with Gasteiger partial charge >= 0.3 is 0 Å². The molecule has 0 aliphatic rings. The maximum atomic E-state index is 12.3.